The van der Waals surface area contributed by atoms with Gasteiger partial charge in [0.05, 0.1) is 16.9 Å². The molecular weight excluding hydrogens is 304 g/mol. The molecule has 2 N–H and O–H groups in total. The number of carbonyl (C=O) groups excluding carboxylic acids is 2. The van der Waals surface area contributed by atoms with Gasteiger partial charge in [-0.05, 0) is 48.5 Å². The highest BCUT2D eigenvalue weighted by Crippen LogP contribution is 2.29. The molecule has 0 aliphatic carbocycles. The van der Waals surface area contributed by atoms with E-state index in [4.69, 9.17) is 14.2 Å². The fraction of sp³-hybridized carbons (Fsp3) is 0.875. The molecule has 1 fully saturated rings. The highest BCUT2D eigenvalue weighted by Gasteiger charge is 2.49. The van der Waals surface area contributed by atoms with Gasteiger partial charge in [0.2, 0.25) is 0 Å². The van der Waals surface area contributed by atoms with E-state index in [0.717, 1.165) is 0 Å². The summed E-state index contributed by atoms with van der Waals surface area (Å²) in [5, 5.41) is 19.9. The molecule has 0 aromatic rings. The van der Waals surface area contributed by atoms with Crippen molar-refractivity contribution in [1.82, 2.24) is 0 Å². The van der Waals surface area contributed by atoms with Gasteiger partial charge in [-0.3, -0.25) is 9.59 Å². The van der Waals surface area contributed by atoms with Gasteiger partial charge >= 0.3 is 11.9 Å². The lowest BCUT2D eigenvalue weighted by atomic mass is 9.94. The van der Waals surface area contributed by atoms with E-state index in [1.165, 1.54) is 0 Å². The number of aliphatic hydroxyl groups excluding tert-OH is 2. The maximum absolute atomic E-state index is 12.1. The lowest BCUT2D eigenvalue weighted by molar-refractivity contribution is -0.287. The first kappa shape index (κ1) is 19.9. The van der Waals surface area contributed by atoms with Crippen LogP contribution in [0.25, 0.3) is 0 Å². The van der Waals surface area contributed by atoms with Crippen LogP contribution in [0.15, 0.2) is 0 Å². The zero-order valence-electron chi connectivity index (χ0n) is 14.8. The predicted octanol–water partition coefficient (Wildman–Crippen LogP) is 1.00. The molecule has 7 nitrogen and oxygen atoms in total. The molecule has 1 saturated heterocycles. The van der Waals surface area contributed by atoms with Crippen molar-refractivity contribution >= 4 is 11.9 Å². The maximum atomic E-state index is 12.1. The van der Waals surface area contributed by atoms with Crippen LogP contribution < -0.4 is 0 Å². The summed E-state index contributed by atoms with van der Waals surface area (Å²) in [7, 11) is 0. The third-order valence-electron chi connectivity index (χ3n) is 3.48. The molecule has 134 valence electrons. The van der Waals surface area contributed by atoms with E-state index in [-0.39, 0.29) is 0 Å². The molecule has 5 atom stereocenters. The molecule has 5 unspecified atom stereocenters. The van der Waals surface area contributed by atoms with Crippen LogP contribution in [0.3, 0.4) is 0 Å². The number of rotatable bonds is 2. The van der Waals surface area contributed by atoms with Crippen molar-refractivity contribution < 1.29 is 34.0 Å². The van der Waals surface area contributed by atoms with Crippen LogP contribution in [-0.4, -0.2) is 52.9 Å². The molecule has 1 aliphatic rings. The average Bonchev–Trinajstić information content (AvgIpc) is 2.37. The van der Waals surface area contributed by atoms with Gasteiger partial charge in [0.15, 0.2) is 18.5 Å². The second-order valence-electron chi connectivity index (χ2n) is 7.96. The summed E-state index contributed by atoms with van der Waals surface area (Å²) in [5.74, 6) is -1.09. The predicted molar refractivity (Wildman–Crippen MR) is 81.2 cm³/mol. The second-order valence-corrected chi connectivity index (χ2v) is 7.96. The van der Waals surface area contributed by atoms with Crippen LogP contribution >= 0.6 is 0 Å². The molecular formula is C16H28O7. The quantitative estimate of drug-likeness (QED) is 0.727. The number of hydrogen-bond acceptors (Lipinski definition) is 7. The van der Waals surface area contributed by atoms with Crippen LogP contribution in [0, 0.1) is 10.8 Å². The van der Waals surface area contributed by atoms with Gasteiger partial charge in [0, 0.05) is 0 Å². The summed E-state index contributed by atoms with van der Waals surface area (Å²) in [6, 6.07) is 0. The Kier molecular flexibility index (Phi) is 5.83. The van der Waals surface area contributed by atoms with Crippen LogP contribution in [0.4, 0.5) is 0 Å². The van der Waals surface area contributed by atoms with E-state index >= 15 is 0 Å². The zero-order chi connectivity index (χ0) is 18.2. The van der Waals surface area contributed by atoms with Crippen LogP contribution in [0.2, 0.25) is 0 Å². The average molecular weight is 332 g/mol. The standard InChI is InChI=1S/C16H28O7/c1-8-10(22-13(19)15(2,3)4)11(9(17)12(18)21-8)23-14(20)16(5,6)7/h8-12,17-18H,1-7H3. The minimum absolute atomic E-state index is 0.515. The Morgan fingerprint density at radius 2 is 1.26 bits per heavy atom. The molecule has 1 heterocycles. The molecule has 0 radical (unpaired) electrons. The summed E-state index contributed by atoms with van der Waals surface area (Å²) >= 11 is 0. The molecule has 0 aromatic heterocycles. The number of esters is 2. The van der Waals surface area contributed by atoms with Crippen molar-refractivity contribution in [3.05, 3.63) is 0 Å². The Bertz CT molecular complexity index is 446. The monoisotopic (exact) mass is 332 g/mol. The van der Waals surface area contributed by atoms with E-state index in [9.17, 15) is 19.8 Å². The first-order valence-corrected chi connectivity index (χ1v) is 7.69. The van der Waals surface area contributed by atoms with Crippen molar-refractivity contribution in [3.63, 3.8) is 0 Å². The molecule has 0 amide bonds. The number of ether oxygens (including phenoxy) is 3. The van der Waals surface area contributed by atoms with E-state index in [0.29, 0.717) is 0 Å². The first-order chi connectivity index (χ1) is 10.2. The Hall–Kier alpha value is -1.18. The molecule has 0 spiro atoms. The minimum Gasteiger partial charge on any atom is -0.455 e. The number of hydrogen-bond donors (Lipinski definition) is 2. The normalized spacial score (nSPS) is 32.3. The zero-order valence-corrected chi connectivity index (χ0v) is 14.8. The minimum atomic E-state index is -1.52. The summed E-state index contributed by atoms with van der Waals surface area (Å²) in [6.45, 7) is 11.6. The summed E-state index contributed by atoms with van der Waals surface area (Å²) < 4.78 is 15.9. The highest BCUT2D eigenvalue weighted by atomic mass is 16.7. The van der Waals surface area contributed by atoms with E-state index in [2.05, 4.69) is 0 Å². The maximum Gasteiger partial charge on any atom is 0.311 e. The smallest absolute Gasteiger partial charge is 0.311 e. The Balaban J connectivity index is 3.01. The summed E-state index contributed by atoms with van der Waals surface area (Å²) in [6.07, 6.45) is -5.97. The van der Waals surface area contributed by atoms with Crippen LogP contribution in [0.1, 0.15) is 48.5 Å². The van der Waals surface area contributed by atoms with Gasteiger partial charge in [-0.15, -0.1) is 0 Å². The van der Waals surface area contributed by atoms with Gasteiger partial charge in [-0.2, -0.15) is 0 Å². The van der Waals surface area contributed by atoms with E-state index in [1.54, 1.807) is 48.5 Å². The molecule has 0 bridgehead atoms. The van der Waals surface area contributed by atoms with Gasteiger partial charge in [0.25, 0.3) is 0 Å². The molecule has 7 heteroatoms. The van der Waals surface area contributed by atoms with Crippen molar-refractivity contribution in [3.8, 4) is 0 Å². The summed E-state index contributed by atoms with van der Waals surface area (Å²) in [4.78, 5) is 24.3. The van der Waals surface area contributed by atoms with Crippen LogP contribution in [0.5, 0.6) is 0 Å². The van der Waals surface area contributed by atoms with Crippen molar-refractivity contribution in [2.45, 2.75) is 79.2 Å². The molecule has 1 aliphatic heterocycles. The van der Waals surface area contributed by atoms with Crippen LogP contribution in [-0.2, 0) is 23.8 Å². The Morgan fingerprint density at radius 3 is 1.65 bits per heavy atom. The summed E-state index contributed by atoms with van der Waals surface area (Å²) in [5.41, 5.74) is -1.57. The fourth-order valence-electron chi connectivity index (χ4n) is 1.90. The SMILES string of the molecule is CC1OC(O)C(O)C(OC(=O)C(C)(C)C)C1OC(=O)C(C)(C)C. The highest BCUT2D eigenvalue weighted by molar-refractivity contribution is 5.76. The van der Waals surface area contributed by atoms with Gasteiger partial charge in [-0.25, -0.2) is 0 Å². The number of carbonyl (C=O) groups is 2. The van der Waals surface area contributed by atoms with E-state index < -0.39 is 53.5 Å². The third kappa shape index (κ3) is 4.89. The Labute approximate surface area is 136 Å². The van der Waals surface area contributed by atoms with Crippen molar-refractivity contribution in [2.75, 3.05) is 0 Å². The largest absolute Gasteiger partial charge is 0.455 e. The third-order valence-corrected chi connectivity index (χ3v) is 3.48. The molecule has 1 rings (SSSR count). The molecule has 23 heavy (non-hydrogen) atoms. The first-order valence-electron chi connectivity index (χ1n) is 7.69. The van der Waals surface area contributed by atoms with Gasteiger partial charge in [-0.1, -0.05) is 0 Å². The second kappa shape index (κ2) is 6.75. The lowest BCUT2D eigenvalue weighted by Gasteiger charge is -2.42. The number of aliphatic hydroxyl groups is 2. The topological polar surface area (TPSA) is 102 Å². The lowest BCUT2D eigenvalue weighted by Crippen LogP contribution is -2.60. The van der Waals surface area contributed by atoms with Gasteiger partial charge in [0.1, 0.15) is 6.10 Å². The van der Waals surface area contributed by atoms with Crippen molar-refractivity contribution in [2.24, 2.45) is 10.8 Å². The fourth-order valence-corrected chi connectivity index (χ4v) is 1.90. The van der Waals surface area contributed by atoms with E-state index in [1.807, 2.05) is 0 Å². The Morgan fingerprint density at radius 1 is 0.870 bits per heavy atom. The van der Waals surface area contributed by atoms with Crippen molar-refractivity contribution in [1.29, 1.82) is 0 Å². The molecule has 0 saturated carbocycles. The molecule has 0 aromatic carbocycles. The van der Waals surface area contributed by atoms with Gasteiger partial charge < -0.3 is 24.4 Å².